The predicted octanol–water partition coefficient (Wildman–Crippen LogP) is 3.11. The van der Waals surface area contributed by atoms with E-state index in [4.69, 9.17) is 9.47 Å². The number of ether oxygens (including phenoxy) is 2. The first kappa shape index (κ1) is 25.1. The van der Waals surface area contributed by atoms with E-state index in [1.165, 1.54) is 45.3 Å². The van der Waals surface area contributed by atoms with Gasteiger partial charge >= 0.3 is 0 Å². The van der Waals surface area contributed by atoms with Crippen LogP contribution in [0.25, 0.3) is 0 Å². The van der Waals surface area contributed by atoms with Crippen LogP contribution in [0.3, 0.4) is 0 Å². The van der Waals surface area contributed by atoms with Crippen LogP contribution in [-0.4, -0.2) is 76.1 Å². The van der Waals surface area contributed by atoms with Crippen LogP contribution in [0.2, 0.25) is 0 Å². The Kier molecular flexibility index (Phi) is 10.5. The first-order valence-electron chi connectivity index (χ1n) is 11.3. The van der Waals surface area contributed by atoms with E-state index in [0.717, 1.165) is 44.7 Å². The largest absolute Gasteiger partial charge is 0.381 e. The molecular formula is C22H43IN4O2. The molecule has 0 saturated carbocycles. The van der Waals surface area contributed by atoms with Crippen molar-refractivity contribution in [2.75, 3.05) is 53.0 Å². The van der Waals surface area contributed by atoms with Gasteiger partial charge in [0.05, 0.1) is 12.7 Å². The summed E-state index contributed by atoms with van der Waals surface area (Å²) in [5.41, 5.74) is 0.181. The standard InChI is InChI=1S/C22H42N4O2.HI/c1-22(2,3)20-18(6-5-12-28-20)14-24-21(23-4)25-19-7-10-26(11-8-19)15-17-9-13-27-16-17;/h17-20H,5-16H2,1-4H3,(H2,23,24,25);1H. The lowest BCUT2D eigenvalue weighted by Gasteiger charge is -2.40. The van der Waals surface area contributed by atoms with E-state index in [1.54, 1.807) is 0 Å². The number of piperidine rings is 1. The summed E-state index contributed by atoms with van der Waals surface area (Å²) in [4.78, 5) is 7.09. The number of guanidine groups is 1. The van der Waals surface area contributed by atoms with Crippen molar-refractivity contribution in [3.05, 3.63) is 0 Å². The Morgan fingerprint density at radius 1 is 1.10 bits per heavy atom. The zero-order chi connectivity index (χ0) is 20.0. The molecule has 3 unspecified atom stereocenters. The second kappa shape index (κ2) is 12.1. The molecule has 3 saturated heterocycles. The average Bonchev–Trinajstić information content (AvgIpc) is 3.19. The van der Waals surface area contributed by atoms with Crippen molar-refractivity contribution in [3.8, 4) is 0 Å². The Bertz CT molecular complexity index is 498. The van der Waals surface area contributed by atoms with Crippen LogP contribution >= 0.6 is 24.0 Å². The predicted molar refractivity (Wildman–Crippen MR) is 130 cm³/mol. The van der Waals surface area contributed by atoms with Crippen molar-refractivity contribution >= 4 is 29.9 Å². The highest BCUT2D eigenvalue weighted by Gasteiger charge is 2.35. The zero-order valence-corrected chi connectivity index (χ0v) is 21.2. The minimum absolute atomic E-state index is 0. The van der Waals surface area contributed by atoms with Crippen LogP contribution in [0.15, 0.2) is 4.99 Å². The average molecular weight is 523 g/mol. The Balaban J connectivity index is 0.00000300. The van der Waals surface area contributed by atoms with Gasteiger partial charge in [0.25, 0.3) is 0 Å². The maximum atomic E-state index is 6.12. The highest BCUT2D eigenvalue weighted by atomic mass is 127. The highest BCUT2D eigenvalue weighted by Crippen LogP contribution is 2.33. The minimum Gasteiger partial charge on any atom is -0.381 e. The molecule has 3 rings (SSSR count). The number of likely N-dealkylation sites (tertiary alicyclic amines) is 1. The van der Waals surface area contributed by atoms with Crippen molar-refractivity contribution in [2.24, 2.45) is 22.2 Å². The van der Waals surface area contributed by atoms with Gasteiger partial charge in [0.2, 0.25) is 0 Å². The lowest BCUT2D eigenvalue weighted by Crippen LogP contribution is -2.51. The maximum absolute atomic E-state index is 6.12. The number of hydrogen-bond acceptors (Lipinski definition) is 4. The fourth-order valence-corrected chi connectivity index (χ4v) is 4.98. The third kappa shape index (κ3) is 7.82. The molecular weight excluding hydrogens is 479 g/mol. The number of rotatable bonds is 5. The summed E-state index contributed by atoms with van der Waals surface area (Å²) < 4.78 is 11.6. The van der Waals surface area contributed by atoms with E-state index in [0.29, 0.717) is 18.1 Å². The third-order valence-electron chi connectivity index (χ3n) is 6.52. The normalized spacial score (nSPS) is 30.1. The molecule has 3 fully saturated rings. The summed E-state index contributed by atoms with van der Waals surface area (Å²) in [5, 5.41) is 7.25. The third-order valence-corrected chi connectivity index (χ3v) is 6.52. The molecule has 3 heterocycles. The molecule has 0 spiro atoms. The summed E-state index contributed by atoms with van der Waals surface area (Å²) >= 11 is 0. The van der Waals surface area contributed by atoms with E-state index in [1.807, 2.05) is 7.05 Å². The van der Waals surface area contributed by atoms with Gasteiger partial charge in [-0.15, -0.1) is 24.0 Å². The van der Waals surface area contributed by atoms with Gasteiger partial charge < -0.3 is 25.0 Å². The lowest BCUT2D eigenvalue weighted by atomic mass is 9.78. The molecule has 0 amide bonds. The summed E-state index contributed by atoms with van der Waals surface area (Å²) in [6.07, 6.45) is 6.31. The van der Waals surface area contributed by atoms with Crippen molar-refractivity contribution in [1.82, 2.24) is 15.5 Å². The summed E-state index contributed by atoms with van der Waals surface area (Å²) in [6.45, 7) is 14.1. The van der Waals surface area contributed by atoms with Gasteiger partial charge in [-0.2, -0.15) is 0 Å². The number of hydrogen-bond donors (Lipinski definition) is 2. The van der Waals surface area contributed by atoms with Gasteiger partial charge in [-0.25, -0.2) is 0 Å². The van der Waals surface area contributed by atoms with Crippen molar-refractivity contribution < 1.29 is 9.47 Å². The Morgan fingerprint density at radius 2 is 1.86 bits per heavy atom. The van der Waals surface area contributed by atoms with Gasteiger partial charge in [-0.05, 0) is 43.4 Å². The second-order valence-corrected chi connectivity index (χ2v) is 9.96. The molecule has 0 aliphatic carbocycles. The lowest BCUT2D eigenvalue weighted by molar-refractivity contribution is -0.0835. The molecule has 3 aliphatic rings. The number of aliphatic imine (C=N–C) groups is 1. The highest BCUT2D eigenvalue weighted by molar-refractivity contribution is 14.0. The number of nitrogens with one attached hydrogen (secondary N) is 2. The molecule has 7 heteroatoms. The van der Waals surface area contributed by atoms with Gasteiger partial charge in [-0.3, -0.25) is 4.99 Å². The first-order valence-corrected chi connectivity index (χ1v) is 11.3. The van der Waals surface area contributed by atoms with E-state index in [9.17, 15) is 0 Å². The summed E-state index contributed by atoms with van der Waals surface area (Å²) in [6, 6.07) is 0.517. The van der Waals surface area contributed by atoms with Crippen molar-refractivity contribution in [1.29, 1.82) is 0 Å². The summed E-state index contributed by atoms with van der Waals surface area (Å²) in [7, 11) is 1.88. The zero-order valence-electron chi connectivity index (χ0n) is 18.9. The van der Waals surface area contributed by atoms with E-state index >= 15 is 0 Å². The Hall–Kier alpha value is -0.120. The van der Waals surface area contributed by atoms with Crippen molar-refractivity contribution in [3.63, 3.8) is 0 Å². The van der Waals surface area contributed by atoms with Gasteiger partial charge in [0.1, 0.15) is 0 Å². The Morgan fingerprint density at radius 3 is 2.48 bits per heavy atom. The first-order chi connectivity index (χ1) is 13.5. The molecule has 0 aromatic rings. The Labute approximate surface area is 195 Å². The molecule has 0 aromatic carbocycles. The topological polar surface area (TPSA) is 58.1 Å². The molecule has 0 aromatic heterocycles. The molecule has 2 N–H and O–H groups in total. The quantitative estimate of drug-likeness (QED) is 0.330. The SMILES string of the molecule is CN=C(NCC1CCCOC1C(C)(C)C)NC1CCN(CC2CCOC2)CC1.I. The smallest absolute Gasteiger partial charge is 0.191 e. The van der Waals surface area contributed by atoms with E-state index in [2.05, 4.69) is 41.3 Å². The van der Waals surface area contributed by atoms with Crippen LogP contribution in [0.4, 0.5) is 0 Å². The van der Waals surface area contributed by atoms with Gasteiger partial charge in [0.15, 0.2) is 5.96 Å². The van der Waals surface area contributed by atoms with Crippen LogP contribution in [-0.2, 0) is 9.47 Å². The van der Waals surface area contributed by atoms with Crippen LogP contribution in [0.5, 0.6) is 0 Å². The molecule has 6 nitrogen and oxygen atoms in total. The van der Waals surface area contributed by atoms with Gasteiger partial charge in [-0.1, -0.05) is 20.8 Å². The minimum atomic E-state index is 0. The molecule has 3 aliphatic heterocycles. The summed E-state index contributed by atoms with van der Waals surface area (Å²) in [5.74, 6) is 2.23. The molecule has 0 bridgehead atoms. The molecule has 170 valence electrons. The molecule has 29 heavy (non-hydrogen) atoms. The van der Waals surface area contributed by atoms with Crippen LogP contribution in [0, 0.1) is 17.3 Å². The van der Waals surface area contributed by atoms with Gasteiger partial charge in [0, 0.05) is 58.4 Å². The number of halogens is 1. The van der Waals surface area contributed by atoms with Crippen molar-refractivity contribution in [2.45, 2.75) is 65.0 Å². The fourth-order valence-electron chi connectivity index (χ4n) is 4.98. The fraction of sp³-hybridized carbons (Fsp3) is 0.955. The molecule has 3 atom stereocenters. The second-order valence-electron chi connectivity index (χ2n) is 9.96. The van der Waals surface area contributed by atoms with Crippen LogP contribution < -0.4 is 10.6 Å². The maximum Gasteiger partial charge on any atom is 0.191 e. The van der Waals surface area contributed by atoms with E-state index < -0.39 is 0 Å². The molecule has 0 radical (unpaired) electrons. The number of nitrogens with zero attached hydrogens (tertiary/aromatic N) is 2. The monoisotopic (exact) mass is 522 g/mol. The van der Waals surface area contributed by atoms with E-state index in [-0.39, 0.29) is 29.4 Å². The van der Waals surface area contributed by atoms with Crippen LogP contribution in [0.1, 0.15) is 52.9 Å².